The number of rotatable bonds is 6. The summed E-state index contributed by atoms with van der Waals surface area (Å²) < 4.78 is 15.5. The van der Waals surface area contributed by atoms with Crippen molar-refractivity contribution in [2.75, 3.05) is 14.2 Å². The van der Waals surface area contributed by atoms with E-state index in [9.17, 15) is 14.9 Å². The Hall–Kier alpha value is -3.35. The monoisotopic (exact) mass is 329 g/mol. The Morgan fingerprint density at radius 1 is 1.04 bits per heavy atom. The van der Waals surface area contributed by atoms with Crippen LogP contribution >= 0.6 is 0 Å². The Kier molecular flexibility index (Phi) is 5.51. The number of methoxy groups -OCH3 is 2. The number of para-hydroxylation sites is 1. The summed E-state index contributed by atoms with van der Waals surface area (Å²) in [7, 11) is 2.91. The molecule has 7 nitrogen and oxygen atoms in total. The molecule has 0 saturated carbocycles. The molecule has 124 valence electrons. The molecule has 0 heterocycles. The van der Waals surface area contributed by atoms with Crippen molar-refractivity contribution in [2.45, 2.75) is 0 Å². The average Bonchev–Trinajstić information content (AvgIpc) is 2.60. The van der Waals surface area contributed by atoms with Gasteiger partial charge in [0.1, 0.15) is 0 Å². The van der Waals surface area contributed by atoms with Crippen LogP contribution in [0.15, 0.2) is 48.5 Å². The third kappa shape index (κ3) is 4.10. The van der Waals surface area contributed by atoms with E-state index < -0.39 is 10.9 Å². The maximum atomic E-state index is 12.0. The van der Waals surface area contributed by atoms with Crippen LogP contribution in [-0.4, -0.2) is 25.1 Å². The van der Waals surface area contributed by atoms with E-state index in [1.165, 1.54) is 50.6 Å². The van der Waals surface area contributed by atoms with Gasteiger partial charge in [-0.3, -0.25) is 10.1 Å². The molecule has 0 aliphatic carbocycles. The van der Waals surface area contributed by atoms with Crippen molar-refractivity contribution in [2.24, 2.45) is 0 Å². The van der Waals surface area contributed by atoms with Crippen LogP contribution in [0.25, 0.3) is 6.08 Å². The fourth-order valence-corrected chi connectivity index (χ4v) is 1.92. The fourth-order valence-electron chi connectivity index (χ4n) is 1.92. The topological polar surface area (TPSA) is 87.9 Å². The molecule has 0 aliphatic rings. The van der Waals surface area contributed by atoms with Gasteiger partial charge < -0.3 is 14.2 Å². The number of esters is 1. The molecule has 24 heavy (non-hydrogen) atoms. The minimum atomic E-state index is -0.629. The number of nitro groups is 1. The summed E-state index contributed by atoms with van der Waals surface area (Å²) in [5, 5.41) is 10.6. The molecule has 7 heteroatoms. The summed E-state index contributed by atoms with van der Waals surface area (Å²) >= 11 is 0. The first-order valence-corrected chi connectivity index (χ1v) is 6.90. The van der Waals surface area contributed by atoms with Crippen molar-refractivity contribution in [3.63, 3.8) is 0 Å². The predicted octanol–water partition coefficient (Wildman–Crippen LogP) is 3.23. The molecule has 0 saturated heterocycles. The van der Waals surface area contributed by atoms with Crippen LogP contribution < -0.4 is 14.2 Å². The van der Waals surface area contributed by atoms with Gasteiger partial charge in [0.05, 0.1) is 19.1 Å². The molecule has 2 rings (SSSR count). The minimum absolute atomic E-state index is 0.0199. The number of nitro benzene ring substituents is 1. The first kappa shape index (κ1) is 17.0. The lowest BCUT2D eigenvalue weighted by Crippen LogP contribution is -2.06. The van der Waals surface area contributed by atoms with Crippen molar-refractivity contribution >= 4 is 17.7 Å². The molecule has 2 aromatic rings. The van der Waals surface area contributed by atoms with Crippen LogP contribution in [0.2, 0.25) is 0 Å². The molecule has 0 fully saturated rings. The Labute approximate surface area is 138 Å². The summed E-state index contributed by atoms with van der Waals surface area (Å²) in [6.07, 6.45) is 2.71. The van der Waals surface area contributed by atoms with Crippen molar-refractivity contribution in [1.82, 2.24) is 0 Å². The van der Waals surface area contributed by atoms with Crippen LogP contribution in [0.4, 0.5) is 5.69 Å². The minimum Gasteiger partial charge on any atom is -0.493 e. The van der Waals surface area contributed by atoms with Crippen molar-refractivity contribution in [1.29, 1.82) is 0 Å². The number of carbonyl (C=O) groups excluding carboxylic acids is 1. The lowest BCUT2D eigenvalue weighted by molar-refractivity contribution is -0.384. The fraction of sp³-hybridized carbons (Fsp3) is 0.118. The number of benzene rings is 2. The SMILES string of the molecule is COc1cccc(OC)c1OC(=O)/C=C/c1ccc([N+](=O)[O-])cc1. The normalized spacial score (nSPS) is 10.4. The van der Waals surface area contributed by atoms with Gasteiger partial charge in [-0.25, -0.2) is 4.79 Å². The highest BCUT2D eigenvalue weighted by Crippen LogP contribution is 2.36. The second-order valence-corrected chi connectivity index (χ2v) is 4.59. The highest BCUT2D eigenvalue weighted by molar-refractivity contribution is 5.89. The Morgan fingerprint density at radius 3 is 2.12 bits per heavy atom. The van der Waals surface area contributed by atoms with Gasteiger partial charge in [0, 0.05) is 18.2 Å². The summed E-state index contributed by atoms with van der Waals surface area (Å²) in [5.41, 5.74) is 0.609. The van der Waals surface area contributed by atoms with E-state index in [0.29, 0.717) is 17.1 Å². The second kappa shape index (κ2) is 7.77. The second-order valence-electron chi connectivity index (χ2n) is 4.59. The molecule has 0 spiro atoms. The molecule has 0 amide bonds. The largest absolute Gasteiger partial charge is 0.493 e. The van der Waals surface area contributed by atoms with Gasteiger partial charge in [0.25, 0.3) is 5.69 Å². The summed E-state index contributed by atoms with van der Waals surface area (Å²) in [4.78, 5) is 22.1. The van der Waals surface area contributed by atoms with E-state index in [-0.39, 0.29) is 11.4 Å². The van der Waals surface area contributed by atoms with Gasteiger partial charge in [0.15, 0.2) is 11.5 Å². The number of carbonyl (C=O) groups is 1. The van der Waals surface area contributed by atoms with Gasteiger partial charge in [-0.15, -0.1) is 0 Å². The number of hydrogen-bond acceptors (Lipinski definition) is 6. The smallest absolute Gasteiger partial charge is 0.336 e. The molecule has 0 N–H and O–H groups in total. The van der Waals surface area contributed by atoms with Crippen molar-refractivity contribution in [3.05, 3.63) is 64.2 Å². The first-order chi connectivity index (χ1) is 11.5. The Balaban J connectivity index is 2.12. The molecule has 0 atom stereocenters. The van der Waals surface area contributed by atoms with Gasteiger partial charge in [0.2, 0.25) is 5.75 Å². The van der Waals surface area contributed by atoms with Crippen LogP contribution in [0, 0.1) is 10.1 Å². The number of non-ortho nitro benzene ring substituents is 1. The zero-order valence-electron chi connectivity index (χ0n) is 13.1. The van der Waals surface area contributed by atoms with Crippen LogP contribution in [-0.2, 0) is 4.79 Å². The zero-order chi connectivity index (χ0) is 17.5. The third-order valence-electron chi connectivity index (χ3n) is 3.10. The van der Waals surface area contributed by atoms with E-state index in [1.54, 1.807) is 18.2 Å². The zero-order valence-corrected chi connectivity index (χ0v) is 13.1. The van der Waals surface area contributed by atoms with E-state index in [1.807, 2.05) is 0 Å². The quantitative estimate of drug-likeness (QED) is 0.266. The van der Waals surface area contributed by atoms with Gasteiger partial charge in [-0.2, -0.15) is 0 Å². The van der Waals surface area contributed by atoms with Crippen LogP contribution in [0.3, 0.4) is 0 Å². The number of ether oxygens (including phenoxy) is 3. The maximum absolute atomic E-state index is 12.0. The number of nitrogens with zero attached hydrogens (tertiary/aromatic N) is 1. The lowest BCUT2D eigenvalue weighted by atomic mass is 10.2. The van der Waals surface area contributed by atoms with Gasteiger partial charge in [-0.05, 0) is 35.9 Å². The average molecular weight is 329 g/mol. The van der Waals surface area contributed by atoms with Crippen LogP contribution in [0.5, 0.6) is 17.2 Å². The summed E-state index contributed by atoms with van der Waals surface area (Å²) in [6.45, 7) is 0. The molecule has 2 aromatic carbocycles. The Bertz CT molecular complexity index is 745. The van der Waals surface area contributed by atoms with E-state index >= 15 is 0 Å². The van der Waals surface area contributed by atoms with Crippen LogP contribution in [0.1, 0.15) is 5.56 Å². The predicted molar refractivity (Wildman–Crippen MR) is 87.3 cm³/mol. The van der Waals surface area contributed by atoms with E-state index in [2.05, 4.69) is 0 Å². The molecular weight excluding hydrogens is 314 g/mol. The van der Waals surface area contributed by atoms with Crippen molar-refractivity contribution in [3.8, 4) is 17.2 Å². The molecular formula is C17H15NO6. The molecule has 0 aliphatic heterocycles. The van der Waals surface area contributed by atoms with E-state index in [0.717, 1.165) is 0 Å². The molecule has 0 unspecified atom stereocenters. The van der Waals surface area contributed by atoms with E-state index in [4.69, 9.17) is 14.2 Å². The summed E-state index contributed by atoms with van der Waals surface area (Å²) in [6, 6.07) is 10.8. The van der Waals surface area contributed by atoms with Crippen molar-refractivity contribution < 1.29 is 23.9 Å². The van der Waals surface area contributed by atoms with Gasteiger partial charge in [-0.1, -0.05) is 6.07 Å². The summed E-state index contributed by atoms with van der Waals surface area (Å²) in [5.74, 6) is 0.287. The molecule has 0 aromatic heterocycles. The molecule has 0 bridgehead atoms. The van der Waals surface area contributed by atoms with Gasteiger partial charge >= 0.3 is 5.97 Å². The first-order valence-electron chi connectivity index (χ1n) is 6.90. The highest BCUT2D eigenvalue weighted by Gasteiger charge is 2.14. The Morgan fingerprint density at radius 2 is 1.62 bits per heavy atom. The molecule has 0 radical (unpaired) electrons. The maximum Gasteiger partial charge on any atom is 0.336 e. The lowest BCUT2D eigenvalue weighted by Gasteiger charge is -2.11. The highest BCUT2D eigenvalue weighted by atomic mass is 16.6. The standard InChI is InChI=1S/C17H15NO6/c1-22-14-4-3-5-15(23-2)17(14)24-16(19)11-8-12-6-9-13(10-7-12)18(20)21/h3-11H,1-2H3/b11-8+. The third-order valence-corrected chi connectivity index (χ3v) is 3.10. The number of hydrogen-bond donors (Lipinski definition) is 0.